The highest BCUT2D eigenvalue weighted by molar-refractivity contribution is 7.10. The smallest absolute Gasteiger partial charge is 0.247 e. The zero-order valence-corrected chi connectivity index (χ0v) is 12.2. The molecule has 4 nitrogen and oxygen atoms in total. The van der Waals surface area contributed by atoms with Crippen LogP contribution in [0.1, 0.15) is 23.8 Å². The van der Waals surface area contributed by atoms with Gasteiger partial charge in [-0.1, -0.05) is 12.1 Å². The van der Waals surface area contributed by atoms with Gasteiger partial charge in [-0.05, 0) is 48.4 Å². The summed E-state index contributed by atoms with van der Waals surface area (Å²) in [5.41, 5.74) is 2.04. The topological polar surface area (TPSA) is 51.0 Å². The molecule has 0 saturated heterocycles. The molecule has 3 aromatic rings. The first-order chi connectivity index (χ1) is 10.4. The lowest BCUT2D eigenvalue weighted by Crippen LogP contribution is -2.11. The number of nitrogens with zero attached hydrogens (tertiary/aromatic N) is 2. The van der Waals surface area contributed by atoms with E-state index >= 15 is 0 Å². The monoisotopic (exact) mass is 297 g/mol. The second-order valence-electron chi connectivity index (χ2n) is 5.30. The Morgan fingerprint density at radius 3 is 2.90 bits per heavy atom. The van der Waals surface area contributed by atoms with Crippen LogP contribution < -0.4 is 5.32 Å². The van der Waals surface area contributed by atoms with Crippen molar-refractivity contribution in [2.45, 2.75) is 18.9 Å². The summed E-state index contributed by atoms with van der Waals surface area (Å²) in [4.78, 5) is 1.40. The maximum atomic E-state index is 5.26. The van der Waals surface area contributed by atoms with E-state index in [2.05, 4.69) is 45.2 Å². The summed E-state index contributed by atoms with van der Waals surface area (Å²) in [6, 6.07) is 12.9. The van der Waals surface area contributed by atoms with E-state index in [-0.39, 0.29) is 0 Å². The molecule has 0 aliphatic heterocycles. The molecule has 1 fully saturated rings. The lowest BCUT2D eigenvalue weighted by Gasteiger charge is -2.18. The van der Waals surface area contributed by atoms with Gasteiger partial charge in [-0.3, -0.25) is 0 Å². The summed E-state index contributed by atoms with van der Waals surface area (Å²) in [6.45, 7) is 0. The van der Waals surface area contributed by atoms with Crippen molar-refractivity contribution in [2.24, 2.45) is 5.92 Å². The van der Waals surface area contributed by atoms with Gasteiger partial charge >= 0.3 is 0 Å². The van der Waals surface area contributed by atoms with Gasteiger partial charge in [0.2, 0.25) is 12.3 Å². The molecule has 2 aromatic heterocycles. The van der Waals surface area contributed by atoms with Crippen LogP contribution in [0.5, 0.6) is 0 Å². The quantitative estimate of drug-likeness (QED) is 0.760. The highest BCUT2D eigenvalue weighted by Crippen LogP contribution is 2.44. The van der Waals surface area contributed by atoms with Gasteiger partial charge in [0.15, 0.2) is 0 Å². The van der Waals surface area contributed by atoms with Crippen molar-refractivity contribution in [3.05, 3.63) is 53.0 Å². The van der Waals surface area contributed by atoms with Crippen molar-refractivity contribution in [3.8, 4) is 11.5 Å². The first kappa shape index (κ1) is 12.6. The predicted molar refractivity (Wildman–Crippen MR) is 83.1 cm³/mol. The van der Waals surface area contributed by atoms with Crippen molar-refractivity contribution in [3.63, 3.8) is 0 Å². The van der Waals surface area contributed by atoms with E-state index in [4.69, 9.17) is 4.42 Å². The number of rotatable bonds is 5. The first-order valence-electron chi connectivity index (χ1n) is 7.07. The molecule has 1 saturated carbocycles. The van der Waals surface area contributed by atoms with Crippen LogP contribution in [-0.4, -0.2) is 10.2 Å². The third-order valence-electron chi connectivity index (χ3n) is 3.73. The molecule has 1 N–H and O–H groups in total. The van der Waals surface area contributed by atoms with E-state index in [0.717, 1.165) is 17.2 Å². The fourth-order valence-corrected chi connectivity index (χ4v) is 3.41. The minimum absolute atomic E-state index is 0.405. The molecule has 2 heterocycles. The van der Waals surface area contributed by atoms with E-state index in [9.17, 15) is 0 Å². The van der Waals surface area contributed by atoms with Gasteiger partial charge in [0.1, 0.15) is 0 Å². The normalized spacial score (nSPS) is 15.8. The Labute approximate surface area is 126 Å². The molecule has 1 unspecified atom stereocenters. The Hall–Kier alpha value is -2.14. The summed E-state index contributed by atoms with van der Waals surface area (Å²) in [7, 11) is 0. The molecule has 106 valence electrons. The average molecular weight is 297 g/mol. The van der Waals surface area contributed by atoms with Crippen LogP contribution in [0, 0.1) is 5.92 Å². The van der Waals surface area contributed by atoms with Crippen molar-refractivity contribution < 1.29 is 4.42 Å². The van der Waals surface area contributed by atoms with Crippen LogP contribution in [0.2, 0.25) is 0 Å². The molecule has 1 aliphatic rings. The molecular weight excluding hydrogens is 282 g/mol. The Kier molecular flexibility index (Phi) is 3.20. The van der Waals surface area contributed by atoms with Gasteiger partial charge in [0.05, 0.1) is 6.04 Å². The van der Waals surface area contributed by atoms with Crippen molar-refractivity contribution in [1.82, 2.24) is 10.2 Å². The Morgan fingerprint density at radius 2 is 2.19 bits per heavy atom. The molecule has 5 heteroatoms. The average Bonchev–Trinajstić information content (AvgIpc) is 3.01. The Balaban J connectivity index is 1.60. The van der Waals surface area contributed by atoms with Crippen molar-refractivity contribution in [2.75, 3.05) is 5.32 Å². The number of nitrogens with one attached hydrogen (secondary N) is 1. The van der Waals surface area contributed by atoms with Crippen LogP contribution in [0.15, 0.2) is 52.6 Å². The van der Waals surface area contributed by atoms with Gasteiger partial charge in [-0.25, -0.2) is 0 Å². The summed E-state index contributed by atoms with van der Waals surface area (Å²) in [5.74, 6) is 1.30. The van der Waals surface area contributed by atoms with E-state index in [1.54, 1.807) is 0 Å². The maximum Gasteiger partial charge on any atom is 0.247 e. The molecule has 21 heavy (non-hydrogen) atoms. The SMILES string of the molecule is c1cc(NC(c2cccs2)C2CC2)cc(-c2nnco2)c1. The van der Waals surface area contributed by atoms with E-state index in [1.165, 1.54) is 24.1 Å². The second kappa shape index (κ2) is 5.33. The van der Waals surface area contributed by atoms with Crippen LogP contribution in [0.3, 0.4) is 0 Å². The lowest BCUT2D eigenvalue weighted by molar-refractivity contribution is 0.568. The second-order valence-corrected chi connectivity index (χ2v) is 6.28. The standard InChI is InChI=1S/C16H15N3OS/c1-3-12(16-19-17-10-20-16)9-13(4-1)18-15(11-6-7-11)14-5-2-8-21-14/h1-5,8-11,15,18H,6-7H2. The van der Waals surface area contributed by atoms with E-state index in [1.807, 2.05) is 23.5 Å². The number of hydrogen-bond donors (Lipinski definition) is 1. The predicted octanol–water partition coefficient (Wildman–Crippen LogP) is 4.36. The third-order valence-corrected chi connectivity index (χ3v) is 4.69. The molecule has 1 atom stereocenters. The van der Waals surface area contributed by atoms with Gasteiger partial charge < -0.3 is 9.73 Å². The zero-order valence-electron chi connectivity index (χ0n) is 11.4. The summed E-state index contributed by atoms with van der Waals surface area (Å²) in [6.07, 6.45) is 3.96. The van der Waals surface area contributed by atoms with Gasteiger partial charge in [-0.2, -0.15) is 0 Å². The van der Waals surface area contributed by atoms with Crippen molar-refractivity contribution >= 4 is 17.0 Å². The van der Waals surface area contributed by atoms with Gasteiger partial charge in [0, 0.05) is 16.1 Å². The molecule has 4 rings (SSSR count). The summed E-state index contributed by atoms with van der Waals surface area (Å²) >= 11 is 1.82. The van der Waals surface area contributed by atoms with E-state index < -0.39 is 0 Å². The van der Waals surface area contributed by atoms with Crippen LogP contribution in [0.25, 0.3) is 11.5 Å². The highest BCUT2D eigenvalue weighted by atomic mass is 32.1. The number of hydrogen-bond acceptors (Lipinski definition) is 5. The highest BCUT2D eigenvalue weighted by Gasteiger charge is 2.32. The number of aromatic nitrogens is 2. The van der Waals surface area contributed by atoms with Gasteiger partial charge in [-0.15, -0.1) is 21.5 Å². The Morgan fingerprint density at radius 1 is 1.24 bits per heavy atom. The summed E-state index contributed by atoms with van der Waals surface area (Å²) < 4.78 is 5.26. The number of benzene rings is 1. The largest absolute Gasteiger partial charge is 0.423 e. The molecule has 1 aromatic carbocycles. The third kappa shape index (κ3) is 2.69. The fraction of sp³-hybridized carbons (Fsp3) is 0.250. The lowest BCUT2D eigenvalue weighted by atomic mass is 10.1. The molecule has 0 amide bonds. The number of thiophene rings is 1. The minimum atomic E-state index is 0.405. The zero-order chi connectivity index (χ0) is 14.1. The molecular formula is C16H15N3OS. The summed E-state index contributed by atoms with van der Waals surface area (Å²) in [5, 5.41) is 13.5. The van der Waals surface area contributed by atoms with Crippen LogP contribution >= 0.6 is 11.3 Å². The van der Waals surface area contributed by atoms with Crippen LogP contribution in [-0.2, 0) is 0 Å². The molecule has 0 spiro atoms. The molecule has 0 bridgehead atoms. The van der Waals surface area contributed by atoms with E-state index in [0.29, 0.717) is 11.9 Å². The number of anilines is 1. The van der Waals surface area contributed by atoms with Gasteiger partial charge in [0.25, 0.3) is 0 Å². The first-order valence-corrected chi connectivity index (χ1v) is 7.95. The fourth-order valence-electron chi connectivity index (χ4n) is 2.54. The van der Waals surface area contributed by atoms with Crippen LogP contribution in [0.4, 0.5) is 5.69 Å². The molecule has 0 radical (unpaired) electrons. The van der Waals surface area contributed by atoms with Crippen molar-refractivity contribution in [1.29, 1.82) is 0 Å². The molecule has 1 aliphatic carbocycles. The Bertz CT molecular complexity index is 705. The maximum absolute atomic E-state index is 5.26. The minimum Gasteiger partial charge on any atom is -0.423 e.